The summed E-state index contributed by atoms with van der Waals surface area (Å²) in [7, 11) is 1.75. The zero-order valence-electron chi connectivity index (χ0n) is 10.8. The molecule has 1 rings (SSSR count). The van der Waals surface area contributed by atoms with Crippen molar-refractivity contribution in [2.45, 2.75) is 32.4 Å². The third kappa shape index (κ3) is 3.37. The average molecular weight is 253 g/mol. The summed E-state index contributed by atoms with van der Waals surface area (Å²) in [5.41, 5.74) is 0.671. The number of carboxylic acids is 1. The Kier molecular flexibility index (Phi) is 4.55. The van der Waals surface area contributed by atoms with Crippen molar-refractivity contribution in [1.82, 2.24) is 4.90 Å². The molecule has 18 heavy (non-hydrogen) atoms. The first-order valence-corrected chi connectivity index (χ1v) is 5.78. The van der Waals surface area contributed by atoms with Crippen molar-refractivity contribution < 1.29 is 20.1 Å². The maximum Gasteiger partial charge on any atom is 0.321 e. The van der Waals surface area contributed by atoms with Gasteiger partial charge in [0.1, 0.15) is 6.04 Å². The SMILES string of the molecule is CC(C)N(C)C(Cc1ccc(O)c(O)c1)C(=O)O. The van der Waals surface area contributed by atoms with Crippen LogP contribution < -0.4 is 0 Å². The lowest BCUT2D eigenvalue weighted by atomic mass is 10.0. The third-order valence-electron chi connectivity index (χ3n) is 3.06. The van der Waals surface area contributed by atoms with Gasteiger partial charge in [-0.1, -0.05) is 6.07 Å². The molecule has 0 saturated carbocycles. The second kappa shape index (κ2) is 5.73. The zero-order valence-corrected chi connectivity index (χ0v) is 10.8. The molecular formula is C13H19NO4. The van der Waals surface area contributed by atoms with Crippen LogP contribution >= 0.6 is 0 Å². The highest BCUT2D eigenvalue weighted by atomic mass is 16.4. The van der Waals surface area contributed by atoms with Crippen LogP contribution in [0.1, 0.15) is 19.4 Å². The monoisotopic (exact) mass is 253 g/mol. The molecule has 1 atom stereocenters. The van der Waals surface area contributed by atoms with Gasteiger partial charge in [-0.05, 0) is 45.0 Å². The largest absolute Gasteiger partial charge is 0.504 e. The van der Waals surface area contributed by atoms with Crippen LogP contribution in [0.5, 0.6) is 11.5 Å². The molecule has 0 saturated heterocycles. The van der Waals surface area contributed by atoms with Gasteiger partial charge in [0.15, 0.2) is 11.5 Å². The van der Waals surface area contributed by atoms with Gasteiger partial charge < -0.3 is 15.3 Å². The highest BCUT2D eigenvalue weighted by molar-refractivity contribution is 5.74. The van der Waals surface area contributed by atoms with Crippen LogP contribution in [0.2, 0.25) is 0 Å². The quantitative estimate of drug-likeness (QED) is 0.692. The molecule has 5 nitrogen and oxygen atoms in total. The topological polar surface area (TPSA) is 81.0 Å². The Morgan fingerprint density at radius 3 is 2.33 bits per heavy atom. The number of rotatable bonds is 5. The van der Waals surface area contributed by atoms with Crippen LogP contribution in [0.4, 0.5) is 0 Å². The molecule has 1 unspecified atom stereocenters. The number of carboxylic acid groups (broad SMARTS) is 1. The standard InChI is InChI=1S/C13H19NO4/c1-8(2)14(3)10(13(17)18)6-9-4-5-11(15)12(16)7-9/h4-5,7-8,10,15-16H,6H2,1-3H3,(H,17,18). The van der Waals surface area contributed by atoms with E-state index < -0.39 is 12.0 Å². The van der Waals surface area contributed by atoms with Crippen LogP contribution in [-0.4, -0.2) is 45.3 Å². The molecule has 0 amide bonds. The van der Waals surface area contributed by atoms with Gasteiger partial charge in [0.05, 0.1) is 0 Å². The molecule has 1 aromatic carbocycles. The Morgan fingerprint density at radius 2 is 1.89 bits per heavy atom. The maximum atomic E-state index is 11.2. The number of aliphatic carboxylic acids is 1. The first-order valence-electron chi connectivity index (χ1n) is 5.78. The summed E-state index contributed by atoms with van der Waals surface area (Å²) in [5.74, 6) is -1.34. The van der Waals surface area contributed by atoms with Crippen molar-refractivity contribution in [3.8, 4) is 11.5 Å². The second-order valence-corrected chi connectivity index (χ2v) is 4.64. The summed E-state index contributed by atoms with van der Waals surface area (Å²) in [6, 6.07) is 3.81. The molecule has 0 spiro atoms. The van der Waals surface area contributed by atoms with Gasteiger partial charge in [-0.3, -0.25) is 9.69 Å². The van der Waals surface area contributed by atoms with Crippen LogP contribution in [0.15, 0.2) is 18.2 Å². The van der Waals surface area contributed by atoms with E-state index in [0.29, 0.717) is 5.56 Å². The first-order chi connectivity index (χ1) is 8.32. The average Bonchev–Trinajstić information content (AvgIpc) is 2.29. The van der Waals surface area contributed by atoms with E-state index in [1.807, 2.05) is 13.8 Å². The second-order valence-electron chi connectivity index (χ2n) is 4.64. The highest BCUT2D eigenvalue weighted by Gasteiger charge is 2.24. The van der Waals surface area contributed by atoms with E-state index in [4.69, 9.17) is 0 Å². The molecule has 0 aliphatic carbocycles. The predicted octanol–water partition coefficient (Wildman–Crippen LogP) is 1.43. The fraction of sp³-hybridized carbons (Fsp3) is 0.462. The predicted molar refractivity (Wildman–Crippen MR) is 67.8 cm³/mol. The van der Waals surface area contributed by atoms with E-state index in [9.17, 15) is 20.1 Å². The van der Waals surface area contributed by atoms with E-state index in [1.165, 1.54) is 12.1 Å². The van der Waals surface area contributed by atoms with Crippen molar-refractivity contribution in [3.05, 3.63) is 23.8 Å². The molecule has 5 heteroatoms. The molecule has 0 heterocycles. The van der Waals surface area contributed by atoms with Crippen LogP contribution in [0, 0.1) is 0 Å². The lowest BCUT2D eigenvalue weighted by Crippen LogP contribution is -2.43. The highest BCUT2D eigenvalue weighted by Crippen LogP contribution is 2.26. The minimum Gasteiger partial charge on any atom is -0.504 e. The summed E-state index contributed by atoms with van der Waals surface area (Å²) < 4.78 is 0. The number of hydrogen-bond acceptors (Lipinski definition) is 4. The number of nitrogens with zero attached hydrogens (tertiary/aromatic N) is 1. The normalized spacial score (nSPS) is 12.9. The van der Waals surface area contributed by atoms with Crippen molar-refractivity contribution in [2.24, 2.45) is 0 Å². The minimum atomic E-state index is -0.904. The number of carbonyl (C=O) groups is 1. The van der Waals surface area contributed by atoms with Gasteiger partial charge in [-0.15, -0.1) is 0 Å². The first kappa shape index (κ1) is 14.3. The number of likely N-dealkylation sites (N-methyl/N-ethyl adjacent to an activating group) is 1. The Balaban J connectivity index is 2.90. The summed E-state index contributed by atoms with van der Waals surface area (Å²) in [6.45, 7) is 3.84. The smallest absolute Gasteiger partial charge is 0.321 e. The van der Waals surface area contributed by atoms with Gasteiger partial charge >= 0.3 is 5.97 Å². The van der Waals surface area contributed by atoms with Crippen LogP contribution in [-0.2, 0) is 11.2 Å². The van der Waals surface area contributed by atoms with Gasteiger partial charge in [0.25, 0.3) is 0 Å². The van der Waals surface area contributed by atoms with Crippen molar-refractivity contribution in [3.63, 3.8) is 0 Å². The van der Waals surface area contributed by atoms with E-state index in [1.54, 1.807) is 18.0 Å². The third-order valence-corrected chi connectivity index (χ3v) is 3.06. The molecule has 0 aliphatic heterocycles. The molecule has 1 aromatic rings. The summed E-state index contributed by atoms with van der Waals surface area (Å²) in [5, 5.41) is 27.8. The van der Waals surface area contributed by atoms with Crippen molar-refractivity contribution in [2.75, 3.05) is 7.05 Å². The summed E-state index contributed by atoms with van der Waals surface area (Å²) >= 11 is 0. The van der Waals surface area contributed by atoms with E-state index >= 15 is 0 Å². The molecule has 0 bridgehead atoms. The summed E-state index contributed by atoms with van der Waals surface area (Å²) in [6.07, 6.45) is 0.276. The lowest BCUT2D eigenvalue weighted by Gasteiger charge is -2.28. The number of aromatic hydroxyl groups is 2. The molecule has 0 aliphatic rings. The molecule has 0 fully saturated rings. The van der Waals surface area contributed by atoms with Crippen LogP contribution in [0.3, 0.4) is 0 Å². The molecule has 100 valence electrons. The van der Waals surface area contributed by atoms with E-state index in [2.05, 4.69) is 0 Å². The molecule has 3 N–H and O–H groups in total. The number of benzene rings is 1. The Labute approximate surface area is 106 Å². The van der Waals surface area contributed by atoms with E-state index in [-0.39, 0.29) is 24.0 Å². The van der Waals surface area contributed by atoms with Crippen molar-refractivity contribution >= 4 is 5.97 Å². The van der Waals surface area contributed by atoms with Gasteiger partial charge in [-0.2, -0.15) is 0 Å². The fourth-order valence-electron chi connectivity index (χ4n) is 1.68. The van der Waals surface area contributed by atoms with Gasteiger partial charge in [0.2, 0.25) is 0 Å². The molecule has 0 radical (unpaired) electrons. The lowest BCUT2D eigenvalue weighted by molar-refractivity contribution is -0.143. The fourth-order valence-corrected chi connectivity index (χ4v) is 1.68. The van der Waals surface area contributed by atoms with Crippen LogP contribution in [0.25, 0.3) is 0 Å². The molecular weight excluding hydrogens is 234 g/mol. The van der Waals surface area contributed by atoms with Gasteiger partial charge in [0, 0.05) is 6.04 Å². The minimum absolute atomic E-state index is 0.108. The van der Waals surface area contributed by atoms with Crippen molar-refractivity contribution in [1.29, 1.82) is 0 Å². The maximum absolute atomic E-state index is 11.2. The Hall–Kier alpha value is -1.75. The zero-order chi connectivity index (χ0) is 13.9. The number of phenols is 2. The number of phenolic OH excluding ortho intramolecular Hbond substituents is 2. The Morgan fingerprint density at radius 1 is 1.28 bits per heavy atom. The summed E-state index contributed by atoms with van der Waals surface area (Å²) in [4.78, 5) is 13.0. The van der Waals surface area contributed by atoms with E-state index in [0.717, 1.165) is 0 Å². The van der Waals surface area contributed by atoms with Gasteiger partial charge in [-0.25, -0.2) is 0 Å². The number of hydrogen-bond donors (Lipinski definition) is 3. The Bertz CT molecular complexity index is 431. The molecule has 0 aromatic heterocycles.